The molecule has 0 aromatic heterocycles. The van der Waals surface area contributed by atoms with E-state index in [1.54, 1.807) is 22.7 Å². The minimum absolute atomic E-state index is 0.00439. The van der Waals surface area contributed by atoms with Crippen LogP contribution < -0.4 is 4.90 Å². The number of rotatable bonds is 4. The molecule has 1 aliphatic carbocycles. The smallest absolute Gasteiger partial charge is 0.271 e. The molecular weight excluding hydrogens is 336 g/mol. The lowest BCUT2D eigenvalue weighted by Crippen LogP contribution is -2.30. The van der Waals surface area contributed by atoms with Gasteiger partial charge in [0.05, 0.1) is 16.4 Å². The number of fused-ring (bicyclic) bond motifs is 2. The molecular formula is C19H18N2O3S. The van der Waals surface area contributed by atoms with E-state index in [9.17, 15) is 14.9 Å². The van der Waals surface area contributed by atoms with E-state index in [0.717, 1.165) is 29.7 Å². The number of nitrogens with zero attached hydrogens (tertiary/aromatic N) is 2. The van der Waals surface area contributed by atoms with Gasteiger partial charge in [-0.2, -0.15) is 0 Å². The predicted molar refractivity (Wildman–Crippen MR) is 98.3 cm³/mol. The molecule has 0 unspecified atom stereocenters. The minimum atomic E-state index is -0.416. The third-order valence-electron chi connectivity index (χ3n) is 4.91. The van der Waals surface area contributed by atoms with Crippen LogP contribution in [0.4, 0.5) is 11.4 Å². The van der Waals surface area contributed by atoms with Gasteiger partial charge in [-0.1, -0.05) is 12.1 Å². The average Bonchev–Trinajstić information content (AvgIpc) is 3.25. The highest BCUT2D eigenvalue weighted by Crippen LogP contribution is 2.33. The van der Waals surface area contributed by atoms with Crippen molar-refractivity contribution in [1.29, 1.82) is 0 Å². The third kappa shape index (κ3) is 3.14. The van der Waals surface area contributed by atoms with Gasteiger partial charge in [0.25, 0.3) is 5.69 Å². The second kappa shape index (κ2) is 6.52. The molecule has 2 aromatic rings. The van der Waals surface area contributed by atoms with Gasteiger partial charge >= 0.3 is 0 Å². The predicted octanol–water partition coefficient (Wildman–Crippen LogP) is 3.76. The van der Waals surface area contributed by atoms with Gasteiger partial charge in [-0.3, -0.25) is 14.9 Å². The molecule has 0 bridgehead atoms. The number of benzene rings is 2. The first-order valence-electron chi connectivity index (χ1n) is 8.44. The average molecular weight is 354 g/mol. The van der Waals surface area contributed by atoms with E-state index >= 15 is 0 Å². The van der Waals surface area contributed by atoms with E-state index in [0.29, 0.717) is 18.0 Å². The second-order valence-electron chi connectivity index (χ2n) is 6.44. The number of hydrogen-bond donors (Lipinski definition) is 0. The number of hydrogen-bond acceptors (Lipinski definition) is 4. The van der Waals surface area contributed by atoms with Crippen molar-refractivity contribution < 1.29 is 9.72 Å². The summed E-state index contributed by atoms with van der Waals surface area (Å²) < 4.78 is 0. The first-order valence-corrected chi connectivity index (χ1v) is 9.42. The van der Waals surface area contributed by atoms with Crippen molar-refractivity contribution in [3.8, 4) is 0 Å². The molecule has 2 aromatic carbocycles. The molecule has 1 aliphatic heterocycles. The molecule has 2 aliphatic rings. The van der Waals surface area contributed by atoms with Crippen molar-refractivity contribution in [2.75, 3.05) is 17.2 Å². The monoisotopic (exact) mass is 354 g/mol. The Morgan fingerprint density at radius 2 is 1.88 bits per heavy atom. The van der Waals surface area contributed by atoms with Crippen molar-refractivity contribution >= 4 is 29.0 Å². The summed E-state index contributed by atoms with van der Waals surface area (Å²) in [6.45, 7) is 0.597. The molecule has 6 heteroatoms. The van der Waals surface area contributed by atoms with Crippen molar-refractivity contribution in [3.05, 3.63) is 63.2 Å². The zero-order valence-corrected chi connectivity index (χ0v) is 14.6. The van der Waals surface area contributed by atoms with E-state index in [-0.39, 0.29) is 11.6 Å². The van der Waals surface area contributed by atoms with E-state index in [4.69, 9.17) is 0 Å². The van der Waals surface area contributed by atoms with Crippen LogP contribution in [-0.4, -0.2) is 23.1 Å². The zero-order chi connectivity index (χ0) is 17.4. The summed E-state index contributed by atoms with van der Waals surface area (Å²) in [6.07, 6.45) is 4.25. The fourth-order valence-electron chi connectivity index (χ4n) is 3.60. The van der Waals surface area contributed by atoms with E-state index < -0.39 is 4.92 Å². The number of thioether (sulfide) groups is 1. The Labute approximate surface area is 150 Å². The van der Waals surface area contributed by atoms with Crippen LogP contribution in [0.3, 0.4) is 0 Å². The number of carbonyl (C=O) groups excluding carboxylic acids is 1. The van der Waals surface area contributed by atoms with Crippen LogP contribution in [0.2, 0.25) is 0 Å². The lowest BCUT2D eigenvalue weighted by Gasteiger charge is -2.17. The number of amides is 1. The molecule has 128 valence electrons. The molecule has 0 radical (unpaired) electrons. The molecule has 0 atom stereocenters. The molecule has 0 N–H and O–H groups in total. The first-order chi connectivity index (χ1) is 12.1. The quantitative estimate of drug-likeness (QED) is 0.476. The Balaban J connectivity index is 1.46. The summed E-state index contributed by atoms with van der Waals surface area (Å²) in [5, 5.41) is 11.0. The highest BCUT2D eigenvalue weighted by molar-refractivity contribution is 8.00. The molecule has 0 fully saturated rings. The van der Waals surface area contributed by atoms with Crippen LogP contribution in [0.1, 0.15) is 23.1 Å². The maximum atomic E-state index is 12.6. The summed E-state index contributed by atoms with van der Waals surface area (Å²) in [6, 6.07) is 11.2. The molecule has 1 amide bonds. The largest absolute Gasteiger partial charge is 0.311 e. The number of non-ortho nitro benzene ring substituents is 1. The number of carbonyl (C=O) groups is 1. The SMILES string of the molecule is O=C(CSc1ccc2c(c1)CCC2)N1CCc2ccc([N+](=O)[O-])cc21. The van der Waals surface area contributed by atoms with Gasteiger partial charge in [-0.15, -0.1) is 11.8 Å². The van der Waals surface area contributed by atoms with Crippen LogP contribution in [0.25, 0.3) is 0 Å². The Hall–Kier alpha value is -2.34. The maximum Gasteiger partial charge on any atom is 0.271 e. The van der Waals surface area contributed by atoms with Crippen LogP contribution in [0.15, 0.2) is 41.3 Å². The Bertz CT molecular complexity index is 866. The Morgan fingerprint density at radius 1 is 1.08 bits per heavy atom. The van der Waals surface area contributed by atoms with Gasteiger partial charge in [0, 0.05) is 23.6 Å². The summed E-state index contributed by atoms with van der Waals surface area (Å²) in [4.78, 5) is 26.0. The topological polar surface area (TPSA) is 63.5 Å². The lowest BCUT2D eigenvalue weighted by atomic mass is 10.1. The molecule has 0 saturated heterocycles. The highest BCUT2D eigenvalue weighted by atomic mass is 32.2. The lowest BCUT2D eigenvalue weighted by molar-refractivity contribution is -0.384. The van der Waals surface area contributed by atoms with Gasteiger partial charge in [0.15, 0.2) is 0 Å². The summed E-state index contributed by atoms with van der Waals surface area (Å²) >= 11 is 1.54. The van der Waals surface area contributed by atoms with Crippen molar-refractivity contribution in [2.45, 2.75) is 30.6 Å². The summed E-state index contributed by atoms with van der Waals surface area (Å²) in [7, 11) is 0. The van der Waals surface area contributed by atoms with Gasteiger partial charge in [0.1, 0.15) is 0 Å². The molecule has 5 nitrogen and oxygen atoms in total. The number of anilines is 1. The standard InChI is InChI=1S/C19H18N2O3S/c22-19(12-25-17-7-5-13-2-1-3-15(13)10-17)20-9-8-14-4-6-16(21(23)24)11-18(14)20/h4-7,10-11H,1-3,8-9,12H2. The van der Waals surface area contributed by atoms with Crippen LogP contribution in [-0.2, 0) is 24.1 Å². The summed E-state index contributed by atoms with van der Waals surface area (Å²) in [5.41, 5.74) is 4.55. The molecule has 25 heavy (non-hydrogen) atoms. The first kappa shape index (κ1) is 16.1. The molecule has 1 heterocycles. The van der Waals surface area contributed by atoms with Crippen LogP contribution >= 0.6 is 11.8 Å². The Morgan fingerprint density at radius 3 is 2.72 bits per heavy atom. The van der Waals surface area contributed by atoms with Crippen LogP contribution in [0, 0.1) is 10.1 Å². The van der Waals surface area contributed by atoms with Gasteiger partial charge < -0.3 is 4.90 Å². The fourth-order valence-corrected chi connectivity index (χ4v) is 4.44. The summed E-state index contributed by atoms with van der Waals surface area (Å²) in [5.74, 6) is 0.353. The van der Waals surface area contributed by atoms with Crippen molar-refractivity contribution in [1.82, 2.24) is 0 Å². The Kier molecular flexibility index (Phi) is 4.21. The molecule has 4 rings (SSSR count). The second-order valence-corrected chi connectivity index (χ2v) is 7.49. The number of nitro benzene ring substituents is 1. The van der Waals surface area contributed by atoms with E-state index in [1.807, 2.05) is 0 Å². The van der Waals surface area contributed by atoms with E-state index in [2.05, 4.69) is 18.2 Å². The maximum absolute atomic E-state index is 12.6. The number of aryl methyl sites for hydroxylation is 2. The molecule has 0 spiro atoms. The highest BCUT2D eigenvalue weighted by Gasteiger charge is 2.26. The number of nitro groups is 1. The zero-order valence-electron chi connectivity index (χ0n) is 13.7. The van der Waals surface area contributed by atoms with Gasteiger partial charge in [-0.05, 0) is 54.5 Å². The molecule has 0 saturated carbocycles. The van der Waals surface area contributed by atoms with Crippen molar-refractivity contribution in [3.63, 3.8) is 0 Å². The van der Waals surface area contributed by atoms with Gasteiger partial charge in [-0.25, -0.2) is 0 Å². The third-order valence-corrected chi connectivity index (χ3v) is 5.89. The van der Waals surface area contributed by atoms with Crippen LogP contribution in [0.5, 0.6) is 0 Å². The normalized spacial score (nSPS) is 15.1. The van der Waals surface area contributed by atoms with Crippen molar-refractivity contribution in [2.24, 2.45) is 0 Å². The van der Waals surface area contributed by atoms with Gasteiger partial charge in [0.2, 0.25) is 5.91 Å². The van der Waals surface area contributed by atoms with E-state index in [1.165, 1.54) is 29.7 Å². The fraction of sp³-hybridized carbons (Fsp3) is 0.316. The minimum Gasteiger partial charge on any atom is -0.311 e.